The second-order valence-electron chi connectivity index (χ2n) is 5.07. The fraction of sp³-hybridized carbons (Fsp3) is 0.286. The van der Waals surface area contributed by atoms with Crippen molar-refractivity contribution in [3.05, 3.63) is 36.2 Å². The summed E-state index contributed by atoms with van der Waals surface area (Å²) >= 11 is 0. The van der Waals surface area contributed by atoms with Crippen LogP contribution in [-0.2, 0) is 16.1 Å². The SMILES string of the molecule is Cc1cccc(NC(=O)C[C@@H]2Cn3ncnc3NC2=O)c1. The number of aromatic nitrogens is 3. The normalized spacial score (nSPS) is 17.0. The van der Waals surface area contributed by atoms with Crippen LogP contribution in [0, 0.1) is 12.8 Å². The molecule has 0 unspecified atom stereocenters. The van der Waals surface area contributed by atoms with Crippen LogP contribution in [0.3, 0.4) is 0 Å². The number of benzene rings is 1. The quantitative estimate of drug-likeness (QED) is 0.886. The third-order valence-corrected chi connectivity index (χ3v) is 3.35. The topological polar surface area (TPSA) is 88.9 Å². The molecule has 0 saturated carbocycles. The second kappa shape index (κ2) is 5.35. The van der Waals surface area contributed by atoms with Crippen LogP contribution in [0.5, 0.6) is 0 Å². The zero-order valence-electron chi connectivity index (χ0n) is 11.5. The summed E-state index contributed by atoms with van der Waals surface area (Å²) in [6.07, 6.45) is 1.49. The van der Waals surface area contributed by atoms with Gasteiger partial charge in [0.25, 0.3) is 0 Å². The Morgan fingerprint density at radius 1 is 1.52 bits per heavy atom. The van der Waals surface area contributed by atoms with Gasteiger partial charge in [-0.25, -0.2) is 4.68 Å². The maximum Gasteiger partial charge on any atom is 0.232 e. The monoisotopic (exact) mass is 285 g/mol. The Morgan fingerprint density at radius 3 is 3.19 bits per heavy atom. The molecule has 0 aliphatic carbocycles. The first-order valence-electron chi connectivity index (χ1n) is 6.67. The van der Waals surface area contributed by atoms with Crippen LogP contribution in [0.25, 0.3) is 0 Å². The van der Waals surface area contributed by atoms with E-state index in [9.17, 15) is 9.59 Å². The van der Waals surface area contributed by atoms with E-state index >= 15 is 0 Å². The van der Waals surface area contributed by atoms with Crippen molar-refractivity contribution in [3.63, 3.8) is 0 Å². The number of carbonyl (C=O) groups is 2. The predicted molar refractivity (Wildman–Crippen MR) is 76.6 cm³/mol. The van der Waals surface area contributed by atoms with Gasteiger partial charge in [0.05, 0.1) is 12.5 Å². The first kappa shape index (κ1) is 13.3. The molecule has 2 heterocycles. The second-order valence-corrected chi connectivity index (χ2v) is 5.07. The number of nitrogens with zero attached hydrogens (tertiary/aromatic N) is 3. The van der Waals surface area contributed by atoms with E-state index in [-0.39, 0.29) is 18.2 Å². The van der Waals surface area contributed by atoms with Gasteiger partial charge in [0, 0.05) is 12.1 Å². The molecule has 108 valence electrons. The Morgan fingerprint density at radius 2 is 2.38 bits per heavy atom. The number of aryl methyl sites for hydroxylation is 1. The third kappa shape index (κ3) is 2.91. The molecule has 1 aliphatic heterocycles. The molecule has 0 fully saturated rings. The smallest absolute Gasteiger partial charge is 0.232 e. The number of rotatable bonds is 3. The zero-order valence-corrected chi connectivity index (χ0v) is 11.5. The summed E-state index contributed by atoms with van der Waals surface area (Å²) in [6.45, 7) is 2.32. The van der Waals surface area contributed by atoms with E-state index in [2.05, 4.69) is 20.7 Å². The Kier molecular flexibility index (Phi) is 3.39. The van der Waals surface area contributed by atoms with Crippen LogP contribution in [0.4, 0.5) is 11.6 Å². The predicted octanol–water partition coefficient (Wildman–Crippen LogP) is 1.18. The standard InChI is InChI=1S/C14H15N5O2/c1-9-3-2-4-11(5-9)17-12(20)6-10-7-19-14(15-8-16-19)18-13(10)21/h2-5,8,10H,6-7H2,1H3,(H,17,20)(H,15,16,18,21)/t10-/m1/s1. The van der Waals surface area contributed by atoms with Gasteiger partial charge in [0.15, 0.2) is 0 Å². The molecule has 0 saturated heterocycles. The van der Waals surface area contributed by atoms with Gasteiger partial charge in [-0.15, -0.1) is 0 Å². The maximum atomic E-state index is 12.1. The molecular weight excluding hydrogens is 270 g/mol. The van der Waals surface area contributed by atoms with Crippen LogP contribution < -0.4 is 10.6 Å². The largest absolute Gasteiger partial charge is 0.326 e. The van der Waals surface area contributed by atoms with E-state index in [0.29, 0.717) is 12.5 Å². The molecule has 1 aromatic carbocycles. The summed E-state index contributed by atoms with van der Waals surface area (Å²) in [7, 11) is 0. The average molecular weight is 285 g/mol. The Bertz CT molecular complexity index is 694. The number of amides is 2. The first-order valence-corrected chi connectivity index (χ1v) is 6.67. The van der Waals surface area contributed by atoms with Crippen molar-refractivity contribution in [2.45, 2.75) is 19.9 Å². The molecule has 2 amide bonds. The van der Waals surface area contributed by atoms with Crippen LogP contribution in [0.15, 0.2) is 30.6 Å². The number of fused-ring (bicyclic) bond motifs is 1. The highest BCUT2D eigenvalue weighted by molar-refractivity contribution is 5.98. The molecule has 21 heavy (non-hydrogen) atoms. The average Bonchev–Trinajstić information content (AvgIpc) is 2.86. The lowest BCUT2D eigenvalue weighted by Gasteiger charge is -2.21. The van der Waals surface area contributed by atoms with Gasteiger partial charge >= 0.3 is 0 Å². The van der Waals surface area contributed by atoms with Crippen molar-refractivity contribution >= 4 is 23.5 Å². The van der Waals surface area contributed by atoms with Crippen molar-refractivity contribution in [1.29, 1.82) is 0 Å². The maximum absolute atomic E-state index is 12.1. The number of anilines is 2. The Balaban J connectivity index is 1.64. The van der Waals surface area contributed by atoms with Crippen molar-refractivity contribution < 1.29 is 9.59 Å². The molecule has 0 radical (unpaired) electrons. The van der Waals surface area contributed by atoms with E-state index in [4.69, 9.17) is 0 Å². The van der Waals surface area contributed by atoms with Crippen molar-refractivity contribution in [1.82, 2.24) is 14.8 Å². The van der Waals surface area contributed by atoms with Crippen molar-refractivity contribution in [2.75, 3.05) is 10.6 Å². The first-order chi connectivity index (χ1) is 10.1. The molecule has 2 aromatic rings. The van der Waals surface area contributed by atoms with Crippen LogP contribution in [0.1, 0.15) is 12.0 Å². The van der Waals surface area contributed by atoms with Gasteiger partial charge in [-0.3, -0.25) is 14.9 Å². The Labute approximate surface area is 121 Å². The summed E-state index contributed by atoms with van der Waals surface area (Å²) in [5, 5.41) is 9.45. The van der Waals surface area contributed by atoms with Crippen LogP contribution in [0.2, 0.25) is 0 Å². The highest BCUT2D eigenvalue weighted by Gasteiger charge is 2.29. The fourth-order valence-electron chi connectivity index (χ4n) is 2.31. The van der Waals surface area contributed by atoms with Gasteiger partial charge in [-0.05, 0) is 24.6 Å². The highest BCUT2D eigenvalue weighted by Crippen LogP contribution is 2.19. The summed E-state index contributed by atoms with van der Waals surface area (Å²) in [4.78, 5) is 27.9. The van der Waals surface area contributed by atoms with Crippen molar-refractivity contribution in [3.8, 4) is 0 Å². The van der Waals surface area contributed by atoms with Gasteiger partial charge in [-0.2, -0.15) is 10.1 Å². The lowest BCUT2D eigenvalue weighted by Crippen LogP contribution is -2.36. The minimum atomic E-state index is -0.441. The summed E-state index contributed by atoms with van der Waals surface area (Å²) in [5.41, 5.74) is 1.80. The van der Waals surface area contributed by atoms with E-state index in [1.165, 1.54) is 6.33 Å². The number of carbonyl (C=O) groups excluding carboxylic acids is 2. The minimum absolute atomic E-state index is 0.110. The molecule has 7 nitrogen and oxygen atoms in total. The minimum Gasteiger partial charge on any atom is -0.326 e. The molecule has 0 bridgehead atoms. The lowest BCUT2D eigenvalue weighted by molar-refractivity contribution is -0.125. The van der Waals surface area contributed by atoms with E-state index in [1.54, 1.807) is 4.68 Å². The van der Waals surface area contributed by atoms with E-state index in [0.717, 1.165) is 11.3 Å². The van der Waals surface area contributed by atoms with E-state index in [1.807, 2.05) is 31.2 Å². The van der Waals surface area contributed by atoms with Gasteiger partial charge < -0.3 is 5.32 Å². The molecule has 1 aromatic heterocycles. The lowest BCUT2D eigenvalue weighted by atomic mass is 10.0. The molecular formula is C14H15N5O2. The molecule has 2 N–H and O–H groups in total. The number of hydrogen-bond acceptors (Lipinski definition) is 4. The summed E-state index contributed by atoms with van der Waals surface area (Å²) < 4.78 is 1.59. The van der Waals surface area contributed by atoms with Gasteiger partial charge in [0.1, 0.15) is 6.33 Å². The van der Waals surface area contributed by atoms with E-state index < -0.39 is 5.92 Å². The molecule has 1 atom stereocenters. The Hall–Kier alpha value is -2.70. The molecule has 3 rings (SSSR count). The summed E-state index contributed by atoms with van der Waals surface area (Å²) in [6, 6.07) is 7.53. The molecule has 1 aliphatic rings. The van der Waals surface area contributed by atoms with Crippen LogP contribution >= 0.6 is 0 Å². The zero-order chi connectivity index (χ0) is 14.8. The van der Waals surface area contributed by atoms with Crippen molar-refractivity contribution in [2.24, 2.45) is 5.92 Å². The van der Waals surface area contributed by atoms with Crippen LogP contribution in [-0.4, -0.2) is 26.6 Å². The third-order valence-electron chi connectivity index (χ3n) is 3.35. The number of hydrogen-bond donors (Lipinski definition) is 2. The number of nitrogens with one attached hydrogen (secondary N) is 2. The highest BCUT2D eigenvalue weighted by atomic mass is 16.2. The summed E-state index contributed by atoms with van der Waals surface area (Å²) in [5.74, 6) is -0.404. The molecule has 0 spiro atoms. The fourth-order valence-corrected chi connectivity index (χ4v) is 2.31. The molecule has 7 heteroatoms. The van der Waals surface area contributed by atoms with Gasteiger partial charge in [-0.1, -0.05) is 12.1 Å². The van der Waals surface area contributed by atoms with Gasteiger partial charge in [0.2, 0.25) is 17.8 Å².